The number of nitrogens with one attached hydrogen (secondary N) is 2. The lowest BCUT2D eigenvalue weighted by Crippen LogP contribution is -2.13. The highest BCUT2D eigenvalue weighted by Crippen LogP contribution is 2.37. The van der Waals surface area contributed by atoms with Crippen molar-refractivity contribution in [1.82, 2.24) is 15.0 Å². The van der Waals surface area contributed by atoms with Gasteiger partial charge in [-0.2, -0.15) is 26.3 Å². The van der Waals surface area contributed by atoms with Crippen LogP contribution in [-0.2, 0) is 12.4 Å². The highest BCUT2D eigenvalue weighted by molar-refractivity contribution is 7.15. The van der Waals surface area contributed by atoms with Crippen LogP contribution in [-0.4, -0.2) is 32.5 Å². The van der Waals surface area contributed by atoms with Crippen molar-refractivity contribution in [1.29, 1.82) is 0 Å². The number of carbonyl (C=O) groups is 2. The number of benzene rings is 1. The van der Waals surface area contributed by atoms with Crippen LogP contribution in [0.5, 0.6) is 0 Å². The normalized spacial score (nSPS) is 13.1. The molecule has 43 heavy (non-hydrogen) atoms. The quantitative estimate of drug-likeness (QED) is 0.150. The maximum atomic E-state index is 13.1. The number of aromatic nitrogens is 3. The van der Waals surface area contributed by atoms with Crippen LogP contribution < -0.4 is 10.6 Å². The third-order valence-corrected chi connectivity index (χ3v) is 8.37. The van der Waals surface area contributed by atoms with Gasteiger partial charge < -0.3 is 10.6 Å². The molecule has 0 bridgehead atoms. The van der Waals surface area contributed by atoms with E-state index in [1.807, 2.05) is 0 Å². The van der Waals surface area contributed by atoms with Gasteiger partial charge in [-0.05, 0) is 38.1 Å². The number of alkyl halides is 6. The molecule has 0 aliphatic heterocycles. The summed E-state index contributed by atoms with van der Waals surface area (Å²) in [6.07, 6.45) is -6.16. The fourth-order valence-electron chi connectivity index (χ4n) is 3.45. The van der Waals surface area contributed by atoms with E-state index < -0.39 is 51.4 Å². The molecule has 2 N–H and O–H groups in total. The molecule has 0 saturated heterocycles. The summed E-state index contributed by atoms with van der Waals surface area (Å²) in [7, 11) is 0. The lowest BCUT2D eigenvalue weighted by Gasteiger charge is -2.11. The number of nitrogens with zero attached hydrogens (tertiary/aromatic N) is 4. The van der Waals surface area contributed by atoms with E-state index in [1.165, 1.54) is 18.5 Å². The summed E-state index contributed by atoms with van der Waals surface area (Å²) in [6, 6.07) is 3.05. The summed E-state index contributed by atoms with van der Waals surface area (Å²) < 4.78 is 78.6. The number of hydrogen-bond donors (Lipinski definition) is 2. The monoisotopic (exact) mass is 680 g/mol. The second kappa shape index (κ2) is 12.6. The molecule has 18 heteroatoms. The topological polar surface area (TPSA) is 109 Å². The first-order valence-corrected chi connectivity index (χ1v) is 14.1. The van der Waals surface area contributed by atoms with Crippen molar-refractivity contribution in [2.75, 3.05) is 10.6 Å². The number of rotatable bonds is 7. The molecule has 3 heterocycles. The Bertz CT molecular complexity index is 1720. The number of halogens is 8. The minimum absolute atomic E-state index is 0.0756. The zero-order valence-electron chi connectivity index (χ0n) is 21.6. The molecule has 1 atom stereocenters. The van der Waals surface area contributed by atoms with Crippen LogP contribution in [0.4, 0.5) is 37.8 Å². The number of hydrogen-bond acceptors (Lipinski definition) is 8. The fraction of sp³-hybridized carbons (Fsp3) is 0.200. The van der Waals surface area contributed by atoms with Gasteiger partial charge >= 0.3 is 12.4 Å². The third kappa shape index (κ3) is 7.87. The zero-order valence-corrected chi connectivity index (χ0v) is 24.7. The van der Waals surface area contributed by atoms with E-state index in [0.29, 0.717) is 21.8 Å². The van der Waals surface area contributed by atoms with Gasteiger partial charge in [0, 0.05) is 11.9 Å². The van der Waals surface area contributed by atoms with E-state index in [-0.39, 0.29) is 21.3 Å². The van der Waals surface area contributed by atoms with E-state index in [4.69, 9.17) is 23.2 Å². The minimum atomic E-state index is -4.74. The predicted octanol–water partition coefficient (Wildman–Crippen LogP) is 8.41. The van der Waals surface area contributed by atoms with Gasteiger partial charge in [-0.25, -0.2) is 15.0 Å². The number of aliphatic imine (C=N–C) groups is 1. The van der Waals surface area contributed by atoms with Gasteiger partial charge in [0.15, 0.2) is 0 Å². The number of pyridine rings is 1. The van der Waals surface area contributed by atoms with Crippen LogP contribution in [0, 0.1) is 0 Å². The average molecular weight is 681 g/mol. The fourth-order valence-corrected chi connectivity index (χ4v) is 5.45. The first kappa shape index (κ1) is 32.3. The van der Waals surface area contributed by atoms with Gasteiger partial charge in [-0.15, -0.1) is 22.7 Å². The molecule has 0 spiro atoms. The number of anilines is 2. The maximum absolute atomic E-state index is 13.1. The number of thiazole rings is 2. The molecule has 226 valence electrons. The molecular weight excluding hydrogens is 665 g/mol. The van der Waals surface area contributed by atoms with Crippen LogP contribution in [0.3, 0.4) is 0 Å². The molecule has 0 saturated carbocycles. The van der Waals surface area contributed by atoms with Crippen molar-refractivity contribution >= 4 is 74.9 Å². The summed E-state index contributed by atoms with van der Waals surface area (Å²) in [4.78, 5) is 41.9. The molecule has 0 radical (unpaired) electrons. The number of carbonyl (C=O) groups excluding carboxylic acids is 2. The summed E-state index contributed by atoms with van der Waals surface area (Å²) in [6.45, 7) is 3.30. The highest BCUT2D eigenvalue weighted by Gasteiger charge is 2.34. The summed E-state index contributed by atoms with van der Waals surface area (Å²) in [5.41, 5.74) is -1.93. The molecule has 1 unspecified atom stereocenters. The van der Waals surface area contributed by atoms with Crippen molar-refractivity contribution in [3.63, 3.8) is 0 Å². The second-order valence-corrected chi connectivity index (χ2v) is 11.5. The largest absolute Gasteiger partial charge is 0.418 e. The van der Waals surface area contributed by atoms with Crippen molar-refractivity contribution in [2.45, 2.75) is 32.2 Å². The highest BCUT2D eigenvalue weighted by atomic mass is 35.5. The Labute approximate surface area is 256 Å². The molecule has 0 aliphatic rings. The predicted molar refractivity (Wildman–Crippen MR) is 151 cm³/mol. The second-order valence-electron chi connectivity index (χ2n) is 8.63. The molecule has 1 aromatic carbocycles. The molecular formula is C25H16Cl2F6N6O2S2. The van der Waals surface area contributed by atoms with E-state index in [2.05, 4.69) is 30.6 Å². The standard InChI is InChI=1S/C25H16Cl2F6N6O2S2/c1-10(22-35-8-17(42-22)20(40)38-12-3-4-15(26)13(5-12)24(28,29)30)37-11(2)23-36-9-18(43-23)21(41)39-19-6-14(25(31,32)33)16(27)7-34-19/h3-10H,1-2H3,(H,38,40)(H,34,39,41). The zero-order chi connectivity index (χ0) is 31.7. The first-order chi connectivity index (χ1) is 20.0. The average Bonchev–Trinajstić information content (AvgIpc) is 3.60. The summed E-state index contributed by atoms with van der Waals surface area (Å²) >= 11 is 13.1. The van der Waals surface area contributed by atoms with Gasteiger partial charge in [-0.3, -0.25) is 14.6 Å². The van der Waals surface area contributed by atoms with Crippen LogP contribution in [0.15, 0.2) is 47.8 Å². The van der Waals surface area contributed by atoms with Crippen LogP contribution in [0.25, 0.3) is 0 Å². The van der Waals surface area contributed by atoms with Crippen LogP contribution in [0.1, 0.15) is 60.4 Å². The van der Waals surface area contributed by atoms with Gasteiger partial charge in [0.25, 0.3) is 11.8 Å². The van der Waals surface area contributed by atoms with E-state index in [9.17, 15) is 35.9 Å². The Kier molecular flexibility index (Phi) is 9.44. The Hall–Kier alpha value is -3.60. The van der Waals surface area contributed by atoms with Gasteiger partial charge in [-0.1, -0.05) is 23.2 Å². The van der Waals surface area contributed by atoms with E-state index >= 15 is 0 Å². The maximum Gasteiger partial charge on any atom is 0.418 e. The van der Waals surface area contributed by atoms with E-state index in [1.54, 1.807) is 13.8 Å². The smallest absolute Gasteiger partial charge is 0.321 e. The van der Waals surface area contributed by atoms with Gasteiger partial charge in [0.2, 0.25) is 0 Å². The Morgan fingerprint density at radius 3 is 2.12 bits per heavy atom. The van der Waals surface area contributed by atoms with Crippen LogP contribution in [0.2, 0.25) is 10.0 Å². The molecule has 0 fully saturated rings. The van der Waals surface area contributed by atoms with Crippen molar-refractivity contribution in [3.8, 4) is 0 Å². The SMILES string of the molecule is CC(=NC(C)c1ncc(C(=O)Nc2ccc(Cl)c(C(F)(F)F)c2)s1)c1ncc(C(=O)Nc2cc(C(F)(F)F)c(Cl)cn2)s1. The number of amides is 2. The molecule has 4 rings (SSSR count). The minimum Gasteiger partial charge on any atom is -0.321 e. The molecule has 8 nitrogen and oxygen atoms in total. The molecule has 2 amide bonds. The molecule has 3 aromatic heterocycles. The Balaban J connectivity index is 1.42. The Morgan fingerprint density at radius 2 is 1.44 bits per heavy atom. The Morgan fingerprint density at radius 1 is 0.837 bits per heavy atom. The molecule has 0 aliphatic carbocycles. The third-order valence-electron chi connectivity index (χ3n) is 5.46. The van der Waals surface area contributed by atoms with Crippen LogP contribution >= 0.6 is 45.9 Å². The van der Waals surface area contributed by atoms with Crippen molar-refractivity contribution in [3.05, 3.63) is 83.8 Å². The lowest BCUT2D eigenvalue weighted by molar-refractivity contribution is -0.138. The lowest BCUT2D eigenvalue weighted by atomic mass is 10.2. The van der Waals surface area contributed by atoms with Gasteiger partial charge in [0.05, 0.1) is 45.3 Å². The van der Waals surface area contributed by atoms with Crippen molar-refractivity contribution < 1.29 is 35.9 Å². The first-order valence-electron chi connectivity index (χ1n) is 11.7. The van der Waals surface area contributed by atoms with Crippen molar-refractivity contribution in [2.24, 2.45) is 4.99 Å². The summed E-state index contributed by atoms with van der Waals surface area (Å²) in [5.74, 6) is -1.78. The molecule has 4 aromatic rings. The summed E-state index contributed by atoms with van der Waals surface area (Å²) in [5, 5.41) is 4.31. The van der Waals surface area contributed by atoms with Gasteiger partial charge in [0.1, 0.15) is 25.6 Å². The van der Waals surface area contributed by atoms with E-state index in [0.717, 1.165) is 41.0 Å².